The fraction of sp³-hybridized carbons (Fsp3) is 0.588. The average Bonchev–Trinajstić information content (AvgIpc) is 2.57. The van der Waals surface area contributed by atoms with Crippen molar-refractivity contribution in [3.63, 3.8) is 0 Å². The van der Waals surface area contributed by atoms with Crippen LogP contribution in [0.1, 0.15) is 45.4 Å². The van der Waals surface area contributed by atoms with E-state index in [4.69, 9.17) is 20.9 Å². The van der Waals surface area contributed by atoms with Gasteiger partial charge in [-0.05, 0) is 25.0 Å². The van der Waals surface area contributed by atoms with E-state index in [-0.39, 0.29) is 12.7 Å². The van der Waals surface area contributed by atoms with Crippen LogP contribution >= 0.6 is 0 Å². The number of rotatable bonds is 5. The standard InChI is InChI=1S/C11H16N2O3.C6H13N/c1-3-11(14)16-7-13-10-5-4-8(15-2)6-9(10)12;7-6-4-2-1-3-5-6/h4-6,13H,3,7,12H2,1-2H3;6H,1-5,7H2. The van der Waals surface area contributed by atoms with Crippen LogP contribution in [0.4, 0.5) is 11.4 Å². The van der Waals surface area contributed by atoms with Crippen LogP contribution in [0.2, 0.25) is 0 Å². The largest absolute Gasteiger partial charge is 0.497 e. The van der Waals surface area contributed by atoms with Gasteiger partial charge in [0.05, 0.1) is 18.5 Å². The summed E-state index contributed by atoms with van der Waals surface area (Å²) in [5.74, 6) is 0.438. The number of carbonyl (C=O) groups excluding carboxylic acids is 1. The quantitative estimate of drug-likeness (QED) is 0.438. The van der Waals surface area contributed by atoms with Gasteiger partial charge in [-0.25, -0.2) is 0 Å². The molecule has 0 amide bonds. The summed E-state index contributed by atoms with van der Waals surface area (Å²) < 4.78 is 9.89. The summed E-state index contributed by atoms with van der Waals surface area (Å²) in [5.41, 5.74) is 12.7. The van der Waals surface area contributed by atoms with Crippen molar-refractivity contribution in [2.75, 3.05) is 24.9 Å². The average molecular weight is 323 g/mol. The number of methoxy groups -OCH3 is 1. The minimum Gasteiger partial charge on any atom is -0.497 e. The Kier molecular flexibility index (Phi) is 8.90. The van der Waals surface area contributed by atoms with Crippen LogP contribution in [0.3, 0.4) is 0 Å². The third-order valence-electron chi connectivity index (χ3n) is 3.69. The van der Waals surface area contributed by atoms with Crippen LogP contribution in [0.15, 0.2) is 18.2 Å². The number of hydrogen-bond donors (Lipinski definition) is 3. The summed E-state index contributed by atoms with van der Waals surface area (Å²) in [7, 11) is 1.57. The van der Waals surface area contributed by atoms with Gasteiger partial charge in [0, 0.05) is 18.5 Å². The number of hydrogen-bond acceptors (Lipinski definition) is 6. The number of benzene rings is 1. The molecule has 0 unspecified atom stereocenters. The molecule has 0 aromatic heterocycles. The van der Waals surface area contributed by atoms with Crippen LogP contribution < -0.4 is 21.5 Å². The Morgan fingerprint density at radius 2 is 2.00 bits per heavy atom. The van der Waals surface area contributed by atoms with E-state index < -0.39 is 0 Å². The van der Waals surface area contributed by atoms with Crippen molar-refractivity contribution in [1.82, 2.24) is 0 Å². The molecule has 5 N–H and O–H groups in total. The number of carbonyl (C=O) groups is 1. The van der Waals surface area contributed by atoms with Crippen molar-refractivity contribution in [1.29, 1.82) is 0 Å². The highest BCUT2D eigenvalue weighted by Gasteiger charge is 2.06. The van der Waals surface area contributed by atoms with Gasteiger partial charge in [0.25, 0.3) is 0 Å². The predicted octanol–water partition coefficient (Wildman–Crippen LogP) is 2.88. The molecular weight excluding hydrogens is 294 g/mol. The third kappa shape index (κ3) is 7.74. The SMILES string of the molecule is CCC(=O)OCNc1ccc(OC)cc1N.NC1CCCCC1. The van der Waals surface area contributed by atoms with Gasteiger partial charge in [-0.15, -0.1) is 0 Å². The Bertz CT molecular complexity index is 474. The number of nitrogens with two attached hydrogens (primary N) is 2. The van der Waals surface area contributed by atoms with Crippen LogP contribution in [0, 0.1) is 0 Å². The first-order chi connectivity index (χ1) is 11.1. The van der Waals surface area contributed by atoms with Crippen LogP contribution in [-0.4, -0.2) is 25.9 Å². The number of esters is 1. The lowest BCUT2D eigenvalue weighted by Gasteiger charge is -2.15. The smallest absolute Gasteiger partial charge is 0.307 e. The zero-order valence-electron chi connectivity index (χ0n) is 14.1. The first-order valence-corrected chi connectivity index (χ1v) is 8.15. The van der Waals surface area contributed by atoms with Crippen molar-refractivity contribution in [3.05, 3.63) is 18.2 Å². The molecule has 0 atom stereocenters. The molecule has 1 aromatic rings. The molecule has 0 saturated heterocycles. The maximum absolute atomic E-state index is 10.9. The molecule has 1 aromatic carbocycles. The molecule has 23 heavy (non-hydrogen) atoms. The monoisotopic (exact) mass is 323 g/mol. The Morgan fingerprint density at radius 1 is 1.30 bits per heavy atom. The van der Waals surface area contributed by atoms with E-state index in [0.29, 0.717) is 29.6 Å². The molecule has 0 aliphatic heterocycles. The van der Waals surface area contributed by atoms with Crippen molar-refractivity contribution in [2.24, 2.45) is 5.73 Å². The molecule has 130 valence electrons. The fourth-order valence-corrected chi connectivity index (χ4v) is 2.26. The number of nitrogen functional groups attached to an aromatic ring is 1. The summed E-state index contributed by atoms with van der Waals surface area (Å²) in [6, 6.07) is 5.78. The van der Waals surface area contributed by atoms with E-state index in [1.807, 2.05) is 0 Å². The number of nitrogens with one attached hydrogen (secondary N) is 1. The Morgan fingerprint density at radius 3 is 2.48 bits per heavy atom. The maximum atomic E-state index is 10.9. The van der Waals surface area contributed by atoms with E-state index in [1.165, 1.54) is 32.1 Å². The van der Waals surface area contributed by atoms with E-state index in [0.717, 1.165) is 0 Å². The van der Waals surface area contributed by atoms with E-state index in [2.05, 4.69) is 5.32 Å². The van der Waals surface area contributed by atoms with Gasteiger partial charge < -0.3 is 26.3 Å². The second-order valence-corrected chi connectivity index (χ2v) is 5.54. The van der Waals surface area contributed by atoms with E-state index >= 15 is 0 Å². The molecular formula is C17H29N3O3. The Balaban J connectivity index is 0.000000313. The van der Waals surface area contributed by atoms with Crippen LogP contribution in [-0.2, 0) is 9.53 Å². The van der Waals surface area contributed by atoms with E-state index in [9.17, 15) is 4.79 Å². The molecule has 0 heterocycles. The summed E-state index contributed by atoms with van der Waals surface area (Å²) in [4.78, 5) is 10.9. The Hall–Kier alpha value is -1.95. The second-order valence-electron chi connectivity index (χ2n) is 5.54. The topological polar surface area (TPSA) is 99.6 Å². The van der Waals surface area contributed by atoms with Gasteiger partial charge in [-0.2, -0.15) is 0 Å². The molecule has 1 aliphatic carbocycles. The molecule has 1 aliphatic rings. The van der Waals surface area contributed by atoms with Crippen LogP contribution in [0.25, 0.3) is 0 Å². The molecule has 6 heteroatoms. The number of anilines is 2. The van der Waals surface area contributed by atoms with E-state index in [1.54, 1.807) is 32.2 Å². The predicted molar refractivity (Wildman–Crippen MR) is 93.3 cm³/mol. The first kappa shape index (κ1) is 19.1. The zero-order valence-corrected chi connectivity index (χ0v) is 14.1. The van der Waals surface area contributed by atoms with Gasteiger partial charge in [-0.1, -0.05) is 26.2 Å². The highest BCUT2D eigenvalue weighted by molar-refractivity contribution is 5.70. The molecule has 2 rings (SSSR count). The van der Waals surface area contributed by atoms with Crippen molar-refractivity contribution < 1.29 is 14.3 Å². The van der Waals surface area contributed by atoms with Crippen molar-refractivity contribution >= 4 is 17.3 Å². The molecule has 0 radical (unpaired) electrons. The lowest BCUT2D eigenvalue weighted by Crippen LogP contribution is -2.22. The highest BCUT2D eigenvalue weighted by Crippen LogP contribution is 2.23. The molecule has 0 bridgehead atoms. The fourth-order valence-electron chi connectivity index (χ4n) is 2.26. The van der Waals surface area contributed by atoms with Gasteiger partial charge >= 0.3 is 5.97 Å². The third-order valence-corrected chi connectivity index (χ3v) is 3.69. The van der Waals surface area contributed by atoms with Crippen LogP contribution in [0.5, 0.6) is 5.75 Å². The van der Waals surface area contributed by atoms with Gasteiger partial charge in [-0.3, -0.25) is 4.79 Å². The van der Waals surface area contributed by atoms with Crippen molar-refractivity contribution in [2.45, 2.75) is 51.5 Å². The second kappa shape index (κ2) is 10.7. The molecule has 1 saturated carbocycles. The molecule has 6 nitrogen and oxygen atoms in total. The maximum Gasteiger partial charge on any atom is 0.307 e. The minimum absolute atomic E-state index is 0.114. The van der Waals surface area contributed by atoms with Gasteiger partial charge in [0.1, 0.15) is 5.75 Å². The number of ether oxygens (including phenoxy) is 2. The zero-order chi connectivity index (χ0) is 17.1. The van der Waals surface area contributed by atoms with Gasteiger partial charge in [0.2, 0.25) is 0 Å². The summed E-state index contributed by atoms with van der Waals surface area (Å²) in [6.45, 7) is 1.85. The lowest BCUT2D eigenvalue weighted by molar-refractivity contribution is -0.142. The van der Waals surface area contributed by atoms with Gasteiger partial charge in [0.15, 0.2) is 6.73 Å². The first-order valence-electron chi connectivity index (χ1n) is 8.15. The lowest BCUT2D eigenvalue weighted by atomic mass is 9.97. The Labute approximate surface area is 138 Å². The molecule has 1 fully saturated rings. The minimum atomic E-state index is -0.250. The highest BCUT2D eigenvalue weighted by atomic mass is 16.5. The summed E-state index contributed by atoms with van der Waals surface area (Å²) >= 11 is 0. The normalized spacial score (nSPS) is 14.4. The summed E-state index contributed by atoms with van der Waals surface area (Å²) in [6.07, 6.45) is 7.02. The summed E-state index contributed by atoms with van der Waals surface area (Å²) in [5, 5.41) is 2.91. The van der Waals surface area contributed by atoms with Crippen molar-refractivity contribution in [3.8, 4) is 5.75 Å². The molecule has 0 spiro atoms.